The van der Waals surface area contributed by atoms with Crippen molar-refractivity contribution in [1.82, 2.24) is 14.8 Å². The number of hydrogen-bond acceptors (Lipinski definition) is 3. The van der Waals surface area contributed by atoms with Gasteiger partial charge in [0, 0.05) is 42.9 Å². The summed E-state index contributed by atoms with van der Waals surface area (Å²) in [5, 5.41) is 4.12. The van der Waals surface area contributed by atoms with Crippen molar-refractivity contribution in [2.45, 2.75) is 39.1 Å². The van der Waals surface area contributed by atoms with Gasteiger partial charge in [-0.3, -0.25) is 4.79 Å². The molecule has 6 heteroatoms. The van der Waals surface area contributed by atoms with Crippen molar-refractivity contribution in [3.63, 3.8) is 0 Å². The number of guanidine groups is 1. The van der Waals surface area contributed by atoms with Crippen LogP contribution in [0.2, 0.25) is 0 Å². The molecule has 1 atom stereocenters. The van der Waals surface area contributed by atoms with Crippen LogP contribution in [0.1, 0.15) is 31.9 Å². The van der Waals surface area contributed by atoms with Crippen LogP contribution in [0.3, 0.4) is 0 Å². The first-order valence-electron chi connectivity index (χ1n) is 10.4. The number of thioether (sulfide) groups is 1. The predicted octanol–water partition coefficient (Wildman–Crippen LogP) is 3.44. The minimum Gasteiger partial charge on any atom is -0.357 e. The van der Waals surface area contributed by atoms with E-state index < -0.39 is 0 Å². The second-order valence-electron chi connectivity index (χ2n) is 7.75. The molecule has 1 aliphatic rings. The van der Waals surface area contributed by atoms with Crippen molar-refractivity contribution in [2.75, 3.05) is 25.4 Å². The number of hydrogen-bond donors (Lipinski definition) is 1. The van der Waals surface area contributed by atoms with Gasteiger partial charge in [0.05, 0.1) is 13.1 Å². The van der Waals surface area contributed by atoms with E-state index in [2.05, 4.69) is 67.0 Å². The van der Waals surface area contributed by atoms with E-state index in [0.717, 1.165) is 36.9 Å². The van der Waals surface area contributed by atoms with Crippen molar-refractivity contribution < 1.29 is 0 Å². The number of pyridine rings is 1. The lowest BCUT2D eigenvalue weighted by atomic mass is 10.1. The molecule has 0 bridgehead atoms. The van der Waals surface area contributed by atoms with E-state index in [-0.39, 0.29) is 5.56 Å². The number of nitrogens with zero attached hydrogens (tertiary/aromatic N) is 3. The van der Waals surface area contributed by atoms with Crippen molar-refractivity contribution in [3.05, 3.63) is 70.1 Å². The molecule has 1 N–H and O–H groups in total. The van der Waals surface area contributed by atoms with Crippen LogP contribution < -0.4 is 10.9 Å². The van der Waals surface area contributed by atoms with Gasteiger partial charge in [0.2, 0.25) is 0 Å². The molecule has 1 saturated heterocycles. The Morgan fingerprint density at radius 1 is 1.21 bits per heavy atom. The monoisotopic (exact) mass is 412 g/mol. The summed E-state index contributed by atoms with van der Waals surface area (Å²) in [5.41, 5.74) is 2.32. The Morgan fingerprint density at radius 2 is 1.97 bits per heavy atom. The van der Waals surface area contributed by atoms with Crippen LogP contribution in [-0.2, 0) is 13.1 Å². The molecule has 156 valence electrons. The highest BCUT2D eigenvalue weighted by atomic mass is 32.2. The summed E-state index contributed by atoms with van der Waals surface area (Å²) in [7, 11) is 0. The Labute approximate surface area is 178 Å². The minimum atomic E-state index is 0.0239. The Balaban J connectivity index is 1.65. The average Bonchev–Trinajstić information content (AvgIpc) is 2.74. The Hall–Kier alpha value is -2.21. The molecule has 0 spiro atoms. The topological polar surface area (TPSA) is 49.6 Å². The van der Waals surface area contributed by atoms with Gasteiger partial charge in [-0.15, -0.1) is 0 Å². The highest BCUT2D eigenvalue weighted by Gasteiger charge is 2.24. The summed E-state index contributed by atoms with van der Waals surface area (Å²) in [6, 6.07) is 13.6. The molecule has 1 unspecified atom stereocenters. The molecule has 2 heterocycles. The summed E-state index contributed by atoms with van der Waals surface area (Å²) in [4.78, 5) is 19.2. The van der Waals surface area contributed by atoms with E-state index in [1.807, 2.05) is 12.3 Å². The zero-order chi connectivity index (χ0) is 20.6. The summed E-state index contributed by atoms with van der Waals surface area (Å²) in [5.74, 6) is 2.84. The molecule has 0 amide bonds. The molecular formula is C23H32N4OS. The van der Waals surface area contributed by atoms with Crippen molar-refractivity contribution >= 4 is 17.7 Å². The third-order valence-electron chi connectivity index (χ3n) is 5.16. The molecule has 1 aliphatic heterocycles. The van der Waals surface area contributed by atoms with Crippen LogP contribution >= 0.6 is 11.8 Å². The van der Waals surface area contributed by atoms with Crippen LogP contribution in [0, 0.1) is 5.92 Å². The summed E-state index contributed by atoms with van der Waals surface area (Å²) < 4.78 is 1.72. The molecule has 0 saturated carbocycles. The van der Waals surface area contributed by atoms with Gasteiger partial charge in [-0.1, -0.05) is 44.2 Å². The largest absolute Gasteiger partial charge is 0.357 e. The molecule has 5 nitrogen and oxygen atoms in total. The SMILES string of the molecule is CCNC(=NCc1ccc(Cn2ccccc2=O)cc1)N1CCSC(C(C)C)C1. The molecule has 1 aromatic heterocycles. The second-order valence-corrected chi connectivity index (χ2v) is 9.10. The van der Waals surface area contributed by atoms with E-state index in [1.165, 1.54) is 5.56 Å². The van der Waals surface area contributed by atoms with Gasteiger partial charge >= 0.3 is 0 Å². The number of aromatic nitrogens is 1. The maximum Gasteiger partial charge on any atom is 0.250 e. The van der Waals surface area contributed by atoms with Crippen LogP contribution in [0.15, 0.2) is 58.4 Å². The first kappa shape index (κ1) is 21.5. The highest BCUT2D eigenvalue weighted by molar-refractivity contribution is 8.00. The lowest BCUT2D eigenvalue weighted by molar-refractivity contribution is 0.381. The Morgan fingerprint density at radius 3 is 2.66 bits per heavy atom. The molecule has 29 heavy (non-hydrogen) atoms. The van der Waals surface area contributed by atoms with E-state index in [0.29, 0.717) is 24.3 Å². The van der Waals surface area contributed by atoms with Crippen molar-refractivity contribution in [2.24, 2.45) is 10.9 Å². The third kappa shape index (κ3) is 6.13. The van der Waals surface area contributed by atoms with Crippen molar-refractivity contribution in [3.8, 4) is 0 Å². The summed E-state index contributed by atoms with van der Waals surface area (Å²) >= 11 is 2.08. The summed E-state index contributed by atoms with van der Waals surface area (Å²) in [6.45, 7) is 10.9. The first-order chi connectivity index (χ1) is 14.1. The van der Waals surface area contributed by atoms with Crippen LogP contribution in [-0.4, -0.2) is 46.1 Å². The number of nitrogens with one attached hydrogen (secondary N) is 1. The Bertz CT molecular complexity index is 860. The Kier molecular flexibility index (Phi) is 7.81. The fourth-order valence-electron chi connectivity index (χ4n) is 3.40. The second kappa shape index (κ2) is 10.5. The number of benzene rings is 1. The van der Waals surface area contributed by atoms with Crippen LogP contribution in [0.4, 0.5) is 0 Å². The fraction of sp³-hybridized carbons (Fsp3) is 0.478. The standard InChI is InChI=1S/C23H32N4OS/c1-4-24-23(27-13-14-29-21(17-27)18(2)3)25-15-19-8-10-20(11-9-19)16-26-12-6-5-7-22(26)28/h5-12,18,21H,4,13-17H2,1-3H3,(H,24,25). The average molecular weight is 413 g/mol. The van der Waals surface area contributed by atoms with Crippen LogP contribution in [0.5, 0.6) is 0 Å². The lowest BCUT2D eigenvalue weighted by Gasteiger charge is -2.36. The minimum absolute atomic E-state index is 0.0239. The van der Waals surface area contributed by atoms with Gasteiger partial charge in [0.15, 0.2) is 5.96 Å². The molecule has 3 rings (SSSR count). The summed E-state index contributed by atoms with van der Waals surface area (Å²) in [6.07, 6.45) is 1.82. The molecule has 1 aromatic carbocycles. The third-order valence-corrected chi connectivity index (χ3v) is 6.70. The van der Waals surface area contributed by atoms with E-state index in [1.54, 1.807) is 16.7 Å². The van der Waals surface area contributed by atoms with E-state index in [9.17, 15) is 4.79 Å². The first-order valence-corrected chi connectivity index (χ1v) is 11.5. The van der Waals surface area contributed by atoms with E-state index >= 15 is 0 Å². The highest BCUT2D eigenvalue weighted by Crippen LogP contribution is 2.25. The zero-order valence-corrected chi connectivity index (χ0v) is 18.5. The lowest BCUT2D eigenvalue weighted by Crippen LogP contribution is -2.49. The van der Waals surface area contributed by atoms with Gasteiger partial charge in [0.25, 0.3) is 5.56 Å². The smallest absolute Gasteiger partial charge is 0.250 e. The van der Waals surface area contributed by atoms with Gasteiger partial charge < -0.3 is 14.8 Å². The molecule has 1 fully saturated rings. The maximum atomic E-state index is 11.9. The van der Waals surface area contributed by atoms with Crippen molar-refractivity contribution in [1.29, 1.82) is 0 Å². The predicted molar refractivity (Wildman–Crippen MR) is 124 cm³/mol. The quantitative estimate of drug-likeness (QED) is 0.583. The molecule has 0 aliphatic carbocycles. The van der Waals surface area contributed by atoms with Gasteiger partial charge in [-0.2, -0.15) is 11.8 Å². The molecular weight excluding hydrogens is 380 g/mol. The van der Waals surface area contributed by atoms with Crippen LogP contribution in [0.25, 0.3) is 0 Å². The molecule has 2 aromatic rings. The molecule has 0 radical (unpaired) electrons. The number of aliphatic imine (C=N–C) groups is 1. The number of rotatable bonds is 6. The van der Waals surface area contributed by atoms with Gasteiger partial charge in [-0.25, -0.2) is 4.99 Å². The zero-order valence-electron chi connectivity index (χ0n) is 17.7. The normalized spacial score (nSPS) is 17.6. The van der Waals surface area contributed by atoms with E-state index in [4.69, 9.17) is 4.99 Å². The fourth-order valence-corrected chi connectivity index (χ4v) is 4.70. The maximum absolute atomic E-state index is 11.9. The van der Waals surface area contributed by atoms with Gasteiger partial charge in [-0.05, 0) is 30.0 Å². The van der Waals surface area contributed by atoms with Gasteiger partial charge in [0.1, 0.15) is 0 Å².